The lowest BCUT2D eigenvalue weighted by molar-refractivity contribution is 0.0942. The van der Waals surface area contributed by atoms with E-state index < -0.39 is 16.1 Å². The number of benzene rings is 1. The summed E-state index contributed by atoms with van der Waals surface area (Å²) in [6, 6.07) is 6.34. The van der Waals surface area contributed by atoms with Crippen molar-refractivity contribution in [1.82, 2.24) is 19.8 Å². The molecular formula is C17H22N4O4S. The second-order valence-corrected chi connectivity index (χ2v) is 7.57. The standard InChI is InChI=1S/C17H22N4O4S/c1-4-5-10-18-17(23)20-26(24,25)15-8-6-14(7-9-15)16(22)21-13(3)11-12(2)19-21/h6-9,11H,4-5,10H2,1-3H3,(H2,18,20,23). The monoisotopic (exact) mass is 378 g/mol. The molecule has 9 heteroatoms. The molecule has 2 aromatic rings. The molecular weight excluding hydrogens is 356 g/mol. The van der Waals surface area contributed by atoms with Crippen LogP contribution in [-0.2, 0) is 10.0 Å². The van der Waals surface area contributed by atoms with Crippen molar-refractivity contribution in [1.29, 1.82) is 0 Å². The first-order valence-electron chi connectivity index (χ1n) is 8.23. The Labute approximate surface area is 152 Å². The molecule has 1 aromatic carbocycles. The zero-order chi connectivity index (χ0) is 19.3. The van der Waals surface area contributed by atoms with Crippen molar-refractivity contribution in [2.45, 2.75) is 38.5 Å². The lowest BCUT2D eigenvalue weighted by Crippen LogP contribution is -2.39. The van der Waals surface area contributed by atoms with Crippen LogP contribution in [0.4, 0.5) is 4.79 Å². The molecule has 0 aliphatic rings. The van der Waals surface area contributed by atoms with Gasteiger partial charge in [-0.25, -0.2) is 22.6 Å². The quantitative estimate of drug-likeness (QED) is 0.747. The number of nitrogens with zero attached hydrogens (tertiary/aromatic N) is 2. The van der Waals surface area contributed by atoms with Gasteiger partial charge >= 0.3 is 6.03 Å². The van der Waals surface area contributed by atoms with Crippen LogP contribution in [-0.4, -0.2) is 36.7 Å². The number of carbonyl (C=O) groups excluding carboxylic acids is 2. The van der Waals surface area contributed by atoms with Gasteiger partial charge in [-0.05, 0) is 50.6 Å². The SMILES string of the molecule is CCCCNC(=O)NS(=O)(=O)c1ccc(C(=O)n2nc(C)cc2C)cc1. The maximum absolute atomic E-state index is 12.4. The molecule has 0 bridgehead atoms. The van der Waals surface area contributed by atoms with Gasteiger partial charge in [-0.3, -0.25) is 4.79 Å². The number of carbonyl (C=O) groups is 2. The Balaban J connectivity index is 2.11. The van der Waals surface area contributed by atoms with E-state index in [2.05, 4.69) is 10.4 Å². The molecule has 2 amide bonds. The molecule has 8 nitrogen and oxygen atoms in total. The van der Waals surface area contributed by atoms with E-state index in [9.17, 15) is 18.0 Å². The number of hydrogen-bond acceptors (Lipinski definition) is 5. The van der Waals surface area contributed by atoms with Crippen molar-refractivity contribution in [3.05, 3.63) is 47.3 Å². The first kappa shape index (κ1) is 19.6. The number of nitrogens with one attached hydrogen (secondary N) is 2. The molecule has 0 fully saturated rings. The molecule has 0 spiro atoms. The Morgan fingerprint density at radius 2 is 1.81 bits per heavy atom. The Morgan fingerprint density at radius 1 is 1.15 bits per heavy atom. The highest BCUT2D eigenvalue weighted by Crippen LogP contribution is 2.13. The topological polar surface area (TPSA) is 110 Å². The fourth-order valence-electron chi connectivity index (χ4n) is 2.33. The minimum absolute atomic E-state index is 0.104. The molecule has 0 saturated heterocycles. The van der Waals surface area contributed by atoms with E-state index in [0.29, 0.717) is 23.5 Å². The maximum Gasteiger partial charge on any atom is 0.328 e. The second kappa shape index (κ2) is 8.13. The lowest BCUT2D eigenvalue weighted by Gasteiger charge is -2.09. The number of unbranched alkanes of at least 4 members (excludes halogenated alkanes) is 1. The Morgan fingerprint density at radius 3 is 2.35 bits per heavy atom. The molecule has 1 heterocycles. The number of hydrogen-bond donors (Lipinski definition) is 2. The van der Waals surface area contributed by atoms with Gasteiger partial charge in [0.05, 0.1) is 10.6 Å². The van der Waals surface area contributed by atoms with Gasteiger partial charge in [0.25, 0.3) is 15.9 Å². The fraction of sp³-hybridized carbons (Fsp3) is 0.353. The summed E-state index contributed by atoms with van der Waals surface area (Å²) in [6.45, 7) is 5.90. The van der Waals surface area contributed by atoms with Crippen LogP contribution in [0.2, 0.25) is 0 Å². The number of amides is 2. The van der Waals surface area contributed by atoms with Crippen LogP contribution in [0.5, 0.6) is 0 Å². The normalized spacial score (nSPS) is 11.2. The zero-order valence-corrected chi connectivity index (χ0v) is 15.8. The van der Waals surface area contributed by atoms with Gasteiger partial charge in [-0.2, -0.15) is 5.10 Å². The van der Waals surface area contributed by atoms with Crippen molar-refractivity contribution in [2.75, 3.05) is 6.54 Å². The molecule has 0 radical (unpaired) electrons. The summed E-state index contributed by atoms with van der Waals surface area (Å²) in [5, 5.41) is 6.59. The van der Waals surface area contributed by atoms with E-state index in [4.69, 9.17) is 0 Å². The van der Waals surface area contributed by atoms with Gasteiger partial charge in [0.2, 0.25) is 0 Å². The third-order valence-corrected chi connectivity index (χ3v) is 5.00. The lowest BCUT2D eigenvalue weighted by atomic mass is 10.2. The fourth-order valence-corrected chi connectivity index (χ4v) is 3.26. The average molecular weight is 378 g/mol. The van der Waals surface area contributed by atoms with Crippen LogP contribution in [0.15, 0.2) is 35.2 Å². The summed E-state index contributed by atoms with van der Waals surface area (Å²) < 4.78 is 27.6. The number of sulfonamides is 1. The third-order valence-electron chi connectivity index (χ3n) is 3.66. The first-order chi connectivity index (χ1) is 12.2. The largest absolute Gasteiger partial charge is 0.337 e. The summed E-state index contributed by atoms with van der Waals surface area (Å²) in [4.78, 5) is 24.0. The highest BCUT2D eigenvalue weighted by atomic mass is 32.2. The predicted octanol–water partition coefficient (Wildman–Crippen LogP) is 1.98. The molecule has 2 rings (SSSR count). The average Bonchev–Trinajstić information content (AvgIpc) is 2.92. The number of rotatable bonds is 6. The van der Waals surface area contributed by atoms with Gasteiger partial charge in [0.1, 0.15) is 0 Å². The van der Waals surface area contributed by atoms with Crippen molar-refractivity contribution < 1.29 is 18.0 Å². The molecule has 0 aliphatic carbocycles. The molecule has 2 N–H and O–H groups in total. The van der Waals surface area contributed by atoms with Gasteiger partial charge in [-0.1, -0.05) is 13.3 Å². The molecule has 140 valence electrons. The summed E-state index contributed by atoms with van der Waals surface area (Å²) in [5.74, 6) is -0.357. The van der Waals surface area contributed by atoms with Crippen LogP contribution < -0.4 is 10.0 Å². The Hall–Kier alpha value is -2.68. The Kier molecular flexibility index (Phi) is 6.14. The number of aryl methyl sites for hydroxylation is 2. The molecule has 0 saturated carbocycles. The number of aromatic nitrogens is 2. The smallest absolute Gasteiger partial charge is 0.328 e. The third kappa shape index (κ3) is 4.69. The van der Waals surface area contributed by atoms with Gasteiger partial charge < -0.3 is 5.32 Å². The summed E-state index contributed by atoms with van der Waals surface area (Å²) in [5.41, 5.74) is 1.70. The predicted molar refractivity (Wildman–Crippen MR) is 96.5 cm³/mol. The minimum Gasteiger partial charge on any atom is -0.337 e. The van der Waals surface area contributed by atoms with Crippen LogP contribution in [0.1, 0.15) is 41.5 Å². The van der Waals surface area contributed by atoms with Crippen molar-refractivity contribution in [3.8, 4) is 0 Å². The van der Waals surface area contributed by atoms with Crippen molar-refractivity contribution >= 4 is 22.0 Å². The van der Waals surface area contributed by atoms with E-state index in [1.165, 1.54) is 28.9 Å². The van der Waals surface area contributed by atoms with E-state index in [1.54, 1.807) is 19.9 Å². The highest BCUT2D eigenvalue weighted by molar-refractivity contribution is 7.90. The molecule has 1 aromatic heterocycles. The molecule has 0 atom stereocenters. The van der Waals surface area contributed by atoms with Crippen LogP contribution in [0.3, 0.4) is 0 Å². The van der Waals surface area contributed by atoms with Crippen molar-refractivity contribution in [2.24, 2.45) is 0 Å². The van der Waals surface area contributed by atoms with Crippen molar-refractivity contribution in [3.63, 3.8) is 0 Å². The van der Waals surface area contributed by atoms with E-state index in [0.717, 1.165) is 12.8 Å². The summed E-state index contributed by atoms with van der Waals surface area (Å²) in [6.07, 6.45) is 1.65. The number of urea groups is 1. The Bertz CT molecular complexity index is 901. The van der Waals surface area contributed by atoms with E-state index >= 15 is 0 Å². The second-order valence-electron chi connectivity index (χ2n) is 5.88. The van der Waals surface area contributed by atoms with Crippen LogP contribution >= 0.6 is 0 Å². The maximum atomic E-state index is 12.4. The minimum atomic E-state index is -4.00. The summed E-state index contributed by atoms with van der Waals surface area (Å²) >= 11 is 0. The first-order valence-corrected chi connectivity index (χ1v) is 9.71. The highest BCUT2D eigenvalue weighted by Gasteiger charge is 2.19. The molecule has 0 aliphatic heterocycles. The zero-order valence-electron chi connectivity index (χ0n) is 14.9. The van der Waals surface area contributed by atoms with Crippen LogP contribution in [0, 0.1) is 13.8 Å². The van der Waals surface area contributed by atoms with Gasteiger partial charge in [-0.15, -0.1) is 0 Å². The molecule has 0 unspecified atom stereocenters. The van der Waals surface area contributed by atoms with Crippen LogP contribution in [0.25, 0.3) is 0 Å². The van der Waals surface area contributed by atoms with E-state index in [1.807, 2.05) is 11.6 Å². The van der Waals surface area contributed by atoms with Gasteiger partial charge in [0.15, 0.2) is 0 Å². The van der Waals surface area contributed by atoms with E-state index in [-0.39, 0.29) is 10.8 Å². The summed E-state index contributed by atoms with van der Waals surface area (Å²) in [7, 11) is -4.00. The van der Waals surface area contributed by atoms with Gasteiger partial charge in [0, 0.05) is 17.8 Å². The molecule has 26 heavy (non-hydrogen) atoms.